The molecule has 2 aliphatic rings. The first-order valence-electron chi connectivity index (χ1n) is 7.31. The Labute approximate surface area is 119 Å². The lowest BCUT2D eigenvalue weighted by atomic mass is 10.0. The van der Waals surface area contributed by atoms with E-state index in [1.165, 1.54) is 0 Å². The van der Waals surface area contributed by atoms with Crippen molar-refractivity contribution in [3.63, 3.8) is 0 Å². The molecular formula is C14H24N2O4. The summed E-state index contributed by atoms with van der Waals surface area (Å²) < 4.78 is 5.08. The van der Waals surface area contributed by atoms with Crippen LogP contribution in [0.15, 0.2) is 0 Å². The Morgan fingerprint density at radius 1 is 1.35 bits per heavy atom. The molecule has 0 spiro atoms. The number of urea groups is 1. The van der Waals surface area contributed by atoms with Crippen LogP contribution in [0.4, 0.5) is 4.79 Å². The highest BCUT2D eigenvalue weighted by Gasteiger charge is 2.42. The molecule has 2 atom stereocenters. The fraction of sp³-hybridized carbons (Fsp3) is 0.857. The number of methoxy groups -OCH3 is 1. The fourth-order valence-electron chi connectivity index (χ4n) is 2.85. The minimum absolute atomic E-state index is 0.00905. The van der Waals surface area contributed by atoms with Gasteiger partial charge in [-0.2, -0.15) is 0 Å². The second-order valence-corrected chi connectivity index (χ2v) is 6.11. The van der Waals surface area contributed by atoms with E-state index in [4.69, 9.17) is 9.84 Å². The standard InChI is InChI=1S/C14H24N2O4/c1-20-7-6-14(4-5-14)9-15-13(19)16-11-3-2-10(8-11)12(17)18/h10-11H,2-9H2,1H3,(H,17,18)(H2,15,16,19). The molecule has 2 rings (SSSR count). The summed E-state index contributed by atoms with van der Waals surface area (Å²) in [6.07, 6.45) is 5.20. The first-order chi connectivity index (χ1) is 9.54. The normalized spacial score (nSPS) is 27.1. The fourth-order valence-corrected chi connectivity index (χ4v) is 2.85. The highest BCUT2D eigenvalue weighted by atomic mass is 16.5. The smallest absolute Gasteiger partial charge is 0.315 e. The predicted molar refractivity (Wildman–Crippen MR) is 73.5 cm³/mol. The first-order valence-corrected chi connectivity index (χ1v) is 7.31. The van der Waals surface area contributed by atoms with Gasteiger partial charge < -0.3 is 20.5 Å². The van der Waals surface area contributed by atoms with Crippen molar-refractivity contribution < 1.29 is 19.4 Å². The topological polar surface area (TPSA) is 87.7 Å². The molecule has 0 bridgehead atoms. The molecule has 0 aromatic carbocycles. The van der Waals surface area contributed by atoms with Crippen molar-refractivity contribution in [3.05, 3.63) is 0 Å². The summed E-state index contributed by atoms with van der Waals surface area (Å²) in [5.74, 6) is -1.07. The molecule has 20 heavy (non-hydrogen) atoms. The zero-order valence-electron chi connectivity index (χ0n) is 12.0. The van der Waals surface area contributed by atoms with Crippen molar-refractivity contribution in [2.75, 3.05) is 20.3 Å². The molecule has 2 amide bonds. The van der Waals surface area contributed by atoms with Crippen LogP contribution in [0.2, 0.25) is 0 Å². The van der Waals surface area contributed by atoms with Crippen LogP contribution in [0.5, 0.6) is 0 Å². The van der Waals surface area contributed by atoms with E-state index >= 15 is 0 Å². The molecule has 114 valence electrons. The van der Waals surface area contributed by atoms with Crippen molar-refractivity contribution in [2.45, 2.75) is 44.6 Å². The first kappa shape index (κ1) is 15.1. The average molecular weight is 284 g/mol. The minimum Gasteiger partial charge on any atom is -0.481 e. The number of nitrogens with one attached hydrogen (secondary N) is 2. The third kappa shape index (κ3) is 4.10. The second-order valence-electron chi connectivity index (χ2n) is 6.11. The van der Waals surface area contributed by atoms with Crippen LogP contribution < -0.4 is 10.6 Å². The summed E-state index contributed by atoms with van der Waals surface area (Å²) in [5, 5.41) is 14.7. The number of carbonyl (C=O) groups is 2. The summed E-state index contributed by atoms with van der Waals surface area (Å²) in [7, 11) is 1.69. The Kier molecular flexibility index (Phi) is 4.86. The number of amides is 2. The minimum atomic E-state index is -0.758. The van der Waals surface area contributed by atoms with E-state index in [0.29, 0.717) is 19.4 Å². The highest BCUT2D eigenvalue weighted by molar-refractivity contribution is 5.75. The Balaban J connectivity index is 1.65. The molecule has 2 aliphatic carbocycles. The maximum absolute atomic E-state index is 11.8. The molecular weight excluding hydrogens is 260 g/mol. The van der Waals surface area contributed by atoms with E-state index in [-0.39, 0.29) is 23.4 Å². The number of carboxylic acid groups (broad SMARTS) is 1. The number of hydrogen-bond acceptors (Lipinski definition) is 3. The molecule has 0 aromatic rings. The lowest BCUT2D eigenvalue weighted by Gasteiger charge is -2.18. The molecule has 2 saturated carbocycles. The van der Waals surface area contributed by atoms with Crippen molar-refractivity contribution in [1.82, 2.24) is 10.6 Å². The third-order valence-electron chi connectivity index (χ3n) is 4.53. The zero-order valence-corrected chi connectivity index (χ0v) is 12.0. The molecule has 0 aromatic heterocycles. The van der Waals surface area contributed by atoms with Gasteiger partial charge in [0.1, 0.15) is 0 Å². The summed E-state index contributed by atoms with van der Waals surface area (Å²) in [5.41, 5.74) is 0.229. The van der Waals surface area contributed by atoms with Crippen LogP contribution >= 0.6 is 0 Å². The molecule has 3 N–H and O–H groups in total. The van der Waals surface area contributed by atoms with Crippen molar-refractivity contribution >= 4 is 12.0 Å². The van der Waals surface area contributed by atoms with Crippen molar-refractivity contribution in [3.8, 4) is 0 Å². The van der Waals surface area contributed by atoms with E-state index in [0.717, 1.165) is 32.3 Å². The molecule has 0 saturated heterocycles. The molecule has 0 radical (unpaired) electrons. The van der Waals surface area contributed by atoms with E-state index in [1.54, 1.807) is 7.11 Å². The summed E-state index contributed by atoms with van der Waals surface area (Å²) in [4.78, 5) is 22.7. The van der Waals surface area contributed by atoms with Crippen LogP contribution in [0, 0.1) is 11.3 Å². The lowest BCUT2D eigenvalue weighted by molar-refractivity contribution is -0.141. The Morgan fingerprint density at radius 2 is 2.10 bits per heavy atom. The summed E-state index contributed by atoms with van der Waals surface area (Å²) in [6, 6.07) is -0.185. The highest BCUT2D eigenvalue weighted by Crippen LogP contribution is 2.48. The number of carboxylic acids is 1. The van der Waals surface area contributed by atoms with E-state index in [1.807, 2.05) is 0 Å². The van der Waals surface area contributed by atoms with Crippen LogP contribution in [0.1, 0.15) is 38.5 Å². The Hall–Kier alpha value is -1.30. The largest absolute Gasteiger partial charge is 0.481 e. The van der Waals surface area contributed by atoms with Gasteiger partial charge in [0.15, 0.2) is 0 Å². The predicted octanol–water partition coefficient (Wildman–Crippen LogP) is 1.36. The SMILES string of the molecule is COCCC1(CNC(=O)NC2CCC(C(=O)O)C2)CC1. The van der Waals surface area contributed by atoms with Gasteiger partial charge in [-0.05, 0) is 43.9 Å². The third-order valence-corrected chi connectivity index (χ3v) is 4.53. The van der Waals surface area contributed by atoms with E-state index in [9.17, 15) is 9.59 Å². The average Bonchev–Trinajstić information content (AvgIpc) is 3.04. The second kappa shape index (κ2) is 6.43. The van der Waals surface area contributed by atoms with Crippen LogP contribution in [-0.2, 0) is 9.53 Å². The van der Waals surface area contributed by atoms with Gasteiger partial charge in [0.05, 0.1) is 5.92 Å². The summed E-state index contributed by atoms with van der Waals surface area (Å²) >= 11 is 0. The molecule has 6 heteroatoms. The Morgan fingerprint density at radius 3 is 2.65 bits per heavy atom. The maximum atomic E-state index is 11.8. The molecule has 0 aliphatic heterocycles. The van der Waals surface area contributed by atoms with Crippen LogP contribution in [0.25, 0.3) is 0 Å². The Bertz CT molecular complexity index is 368. The van der Waals surface area contributed by atoms with Gasteiger partial charge in [-0.1, -0.05) is 0 Å². The lowest BCUT2D eigenvalue weighted by Crippen LogP contribution is -2.43. The van der Waals surface area contributed by atoms with Crippen molar-refractivity contribution in [2.24, 2.45) is 11.3 Å². The van der Waals surface area contributed by atoms with Gasteiger partial charge in [-0.15, -0.1) is 0 Å². The number of aliphatic carboxylic acids is 1. The number of carbonyl (C=O) groups excluding carboxylic acids is 1. The van der Waals surface area contributed by atoms with Crippen LogP contribution in [0.3, 0.4) is 0 Å². The summed E-state index contributed by atoms with van der Waals surface area (Å²) in [6.45, 7) is 1.41. The van der Waals surface area contributed by atoms with E-state index < -0.39 is 5.97 Å². The monoisotopic (exact) mass is 284 g/mol. The molecule has 6 nitrogen and oxygen atoms in total. The van der Waals surface area contributed by atoms with Gasteiger partial charge in [-0.25, -0.2) is 4.79 Å². The van der Waals surface area contributed by atoms with Gasteiger partial charge in [-0.3, -0.25) is 4.79 Å². The number of hydrogen-bond donors (Lipinski definition) is 3. The van der Waals surface area contributed by atoms with Gasteiger partial charge in [0.25, 0.3) is 0 Å². The molecule has 0 heterocycles. The van der Waals surface area contributed by atoms with Crippen molar-refractivity contribution in [1.29, 1.82) is 0 Å². The van der Waals surface area contributed by atoms with Gasteiger partial charge in [0.2, 0.25) is 0 Å². The number of rotatable bonds is 7. The molecule has 2 unspecified atom stereocenters. The van der Waals surface area contributed by atoms with Gasteiger partial charge in [0, 0.05) is 26.3 Å². The number of ether oxygens (including phenoxy) is 1. The van der Waals surface area contributed by atoms with Gasteiger partial charge >= 0.3 is 12.0 Å². The zero-order chi connectivity index (χ0) is 14.6. The van der Waals surface area contributed by atoms with Crippen LogP contribution in [-0.4, -0.2) is 43.4 Å². The quantitative estimate of drug-likeness (QED) is 0.658. The molecule has 2 fully saturated rings. The van der Waals surface area contributed by atoms with E-state index in [2.05, 4.69) is 10.6 Å². The maximum Gasteiger partial charge on any atom is 0.315 e.